The van der Waals surface area contributed by atoms with Crippen LogP contribution in [0.4, 0.5) is 4.79 Å². The summed E-state index contributed by atoms with van der Waals surface area (Å²) in [5.74, 6) is -1.61. The van der Waals surface area contributed by atoms with Crippen LogP contribution in [0.25, 0.3) is 0 Å². The number of pyridine rings is 1. The Hall–Kier alpha value is -3.17. The van der Waals surface area contributed by atoms with Gasteiger partial charge in [0.2, 0.25) is 6.79 Å². The predicted octanol–water partition coefficient (Wildman–Crippen LogP) is 0.272. The number of nitriles is 1. The van der Waals surface area contributed by atoms with Crippen molar-refractivity contribution in [3.8, 4) is 6.07 Å². The van der Waals surface area contributed by atoms with Gasteiger partial charge in [-0.25, -0.2) is 14.1 Å². The number of alkyl carbamates (subject to hydrolysis) is 1. The summed E-state index contributed by atoms with van der Waals surface area (Å²) in [4.78, 5) is 52.9. The van der Waals surface area contributed by atoms with Crippen LogP contribution in [-0.4, -0.2) is 71.1 Å². The quantitative estimate of drug-likeness (QED) is 0.204. The molecule has 1 aromatic rings. The number of thiol groups is 1. The Morgan fingerprint density at radius 1 is 1.38 bits per heavy atom. The van der Waals surface area contributed by atoms with Gasteiger partial charge in [0.25, 0.3) is 5.91 Å². The molecule has 0 unspecified atom stereocenters. The van der Waals surface area contributed by atoms with Gasteiger partial charge in [0.05, 0.1) is 6.54 Å². The zero-order valence-electron chi connectivity index (χ0n) is 17.7. The van der Waals surface area contributed by atoms with Crippen LogP contribution in [0.1, 0.15) is 25.3 Å². The molecule has 2 rings (SSSR count). The van der Waals surface area contributed by atoms with E-state index >= 15 is 0 Å². The van der Waals surface area contributed by atoms with Gasteiger partial charge in [0.15, 0.2) is 18.6 Å². The van der Waals surface area contributed by atoms with Crippen molar-refractivity contribution in [3.63, 3.8) is 0 Å². The molecule has 0 bridgehead atoms. The second-order valence-electron chi connectivity index (χ2n) is 7.24. The molecule has 1 aliphatic heterocycles. The molecule has 11 nitrogen and oxygen atoms in total. The van der Waals surface area contributed by atoms with Crippen LogP contribution in [0.3, 0.4) is 0 Å². The van der Waals surface area contributed by atoms with E-state index in [1.807, 2.05) is 0 Å². The van der Waals surface area contributed by atoms with E-state index in [1.54, 1.807) is 24.5 Å². The van der Waals surface area contributed by atoms with Crippen molar-refractivity contribution in [2.45, 2.75) is 38.4 Å². The number of esters is 1. The molecule has 1 aromatic heterocycles. The predicted molar refractivity (Wildman–Crippen MR) is 114 cm³/mol. The SMILES string of the molecule is CC(=O)OCOC(=O)N[C@@H](CS)C(=O)[N@@+]1(CC(=O)NCc2cccnc2)CCC[C@H]1C#N. The van der Waals surface area contributed by atoms with E-state index in [-0.39, 0.29) is 25.4 Å². The molecule has 2 N–H and O–H groups in total. The minimum absolute atomic E-state index is 0.0725. The number of rotatable bonds is 9. The smallest absolute Gasteiger partial charge is 0.410 e. The van der Waals surface area contributed by atoms with Crippen molar-refractivity contribution in [1.29, 1.82) is 5.26 Å². The van der Waals surface area contributed by atoms with Crippen LogP contribution in [0, 0.1) is 11.3 Å². The maximum absolute atomic E-state index is 13.4. The fourth-order valence-electron chi connectivity index (χ4n) is 3.54. The Labute approximate surface area is 191 Å². The maximum Gasteiger partial charge on any atom is 0.410 e. The van der Waals surface area contributed by atoms with E-state index in [2.05, 4.69) is 39.1 Å². The summed E-state index contributed by atoms with van der Waals surface area (Å²) in [7, 11) is 0. The Balaban J connectivity index is 2.09. The zero-order chi connectivity index (χ0) is 23.6. The summed E-state index contributed by atoms with van der Waals surface area (Å²) in [5.41, 5.74) is 0.794. The standard InChI is InChI=1S/C20H25N5O6S/c1-14(26)30-13-31-20(29)24-17(12-32)19(28)25(7-3-5-16(25)8-21)11-18(27)23-10-15-4-2-6-22-9-15/h2,4,6,9,16-17H,3,5,7,10-13H2,1H3,(H2-,23,24,27,29,32)/p+1/t16-,17-,25+/m0/s1. The fraction of sp³-hybridized carbons (Fsp3) is 0.500. The van der Waals surface area contributed by atoms with E-state index in [4.69, 9.17) is 4.74 Å². The first-order valence-corrected chi connectivity index (χ1v) is 10.6. The average molecular weight is 465 g/mol. The van der Waals surface area contributed by atoms with Gasteiger partial charge in [0.1, 0.15) is 6.07 Å². The molecule has 3 amide bonds. The molecule has 3 atom stereocenters. The molecule has 172 valence electrons. The van der Waals surface area contributed by atoms with Crippen LogP contribution >= 0.6 is 12.6 Å². The third-order valence-corrected chi connectivity index (χ3v) is 5.45. The normalized spacial score (nSPS) is 20.5. The van der Waals surface area contributed by atoms with E-state index in [0.29, 0.717) is 12.8 Å². The molecular weight excluding hydrogens is 438 g/mol. The first-order chi connectivity index (χ1) is 15.3. The lowest BCUT2D eigenvalue weighted by atomic mass is 10.1. The number of nitrogens with one attached hydrogen (secondary N) is 2. The van der Waals surface area contributed by atoms with Gasteiger partial charge < -0.3 is 20.1 Å². The van der Waals surface area contributed by atoms with Crippen LogP contribution < -0.4 is 10.6 Å². The summed E-state index contributed by atoms with van der Waals surface area (Å²) in [6.07, 6.45) is 3.29. The lowest BCUT2D eigenvalue weighted by Crippen LogP contribution is -2.65. The Kier molecular flexibility index (Phi) is 9.42. The molecular formula is C20H26N5O6S+. The molecule has 0 saturated carbocycles. The number of carbonyl (C=O) groups excluding carboxylic acids is 4. The maximum atomic E-state index is 13.4. The highest BCUT2D eigenvalue weighted by atomic mass is 32.1. The molecule has 0 aromatic carbocycles. The number of nitrogens with zero attached hydrogens (tertiary/aromatic N) is 3. The molecule has 32 heavy (non-hydrogen) atoms. The van der Waals surface area contributed by atoms with Crippen molar-refractivity contribution in [2.24, 2.45) is 0 Å². The molecule has 12 heteroatoms. The number of carbonyl (C=O) groups is 4. The number of quaternary nitrogens is 1. The molecule has 0 radical (unpaired) electrons. The lowest BCUT2D eigenvalue weighted by molar-refractivity contribution is -0.851. The first-order valence-electron chi connectivity index (χ1n) is 9.96. The van der Waals surface area contributed by atoms with Crippen molar-refractivity contribution < 1.29 is 33.1 Å². The van der Waals surface area contributed by atoms with E-state index in [0.717, 1.165) is 12.5 Å². The molecule has 0 spiro atoms. The van der Waals surface area contributed by atoms with Gasteiger partial charge in [-0.2, -0.15) is 17.9 Å². The molecule has 2 heterocycles. The number of aromatic nitrogens is 1. The monoisotopic (exact) mass is 464 g/mol. The van der Waals surface area contributed by atoms with Crippen LogP contribution in [0.2, 0.25) is 0 Å². The highest BCUT2D eigenvalue weighted by molar-refractivity contribution is 7.80. The van der Waals surface area contributed by atoms with Gasteiger partial charge in [-0.05, 0) is 11.6 Å². The molecule has 1 saturated heterocycles. The molecule has 1 fully saturated rings. The summed E-state index contributed by atoms with van der Waals surface area (Å²) < 4.78 is 8.83. The number of likely N-dealkylation sites (tertiary alicyclic amines) is 1. The average Bonchev–Trinajstić information content (AvgIpc) is 3.19. The van der Waals surface area contributed by atoms with Crippen molar-refractivity contribution in [2.75, 3.05) is 25.6 Å². The topological polar surface area (TPSA) is 147 Å². The van der Waals surface area contributed by atoms with Gasteiger partial charge >= 0.3 is 18.0 Å². The van der Waals surface area contributed by atoms with Crippen molar-refractivity contribution in [3.05, 3.63) is 30.1 Å². The fourth-order valence-corrected chi connectivity index (χ4v) is 3.78. The van der Waals surface area contributed by atoms with Gasteiger partial charge in [0, 0.05) is 44.5 Å². The van der Waals surface area contributed by atoms with Gasteiger partial charge in [-0.1, -0.05) is 6.07 Å². The summed E-state index contributed by atoms with van der Waals surface area (Å²) in [6, 6.07) is 3.84. The second kappa shape index (κ2) is 12.0. The number of amides is 3. The largest absolute Gasteiger partial charge is 0.428 e. The summed E-state index contributed by atoms with van der Waals surface area (Å²) >= 11 is 4.14. The lowest BCUT2D eigenvalue weighted by Gasteiger charge is -2.36. The van der Waals surface area contributed by atoms with Crippen LogP contribution in [0.5, 0.6) is 0 Å². The molecule has 1 aliphatic rings. The zero-order valence-corrected chi connectivity index (χ0v) is 18.5. The Morgan fingerprint density at radius 2 is 2.16 bits per heavy atom. The third-order valence-electron chi connectivity index (χ3n) is 5.08. The first kappa shape index (κ1) is 25.1. The van der Waals surface area contributed by atoms with E-state index < -0.39 is 47.2 Å². The van der Waals surface area contributed by atoms with E-state index in [9.17, 15) is 24.4 Å². The van der Waals surface area contributed by atoms with Gasteiger partial charge in [-0.15, -0.1) is 0 Å². The molecule has 0 aliphatic carbocycles. The van der Waals surface area contributed by atoms with Gasteiger partial charge in [-0.3, -0.25) is 14.6 Å². The Morgan fingerprint density at radius 3 is 2.78 bits per heavy atom. The minimum Gasteiger partial charge on any atom is -0.428 e. The van der Waals surface area contributed by atoms with Crippen LogP contribution in [0.15, 0.2) is 24.5 Å². The highest BCUT2D eigenvalue weighted by Crippen LogP contribution is 2.28. The number of ether oxygens (including phenoxy) is 2. The van der Waals surface area contributed by atoms with Crippen LogP contribution in [-0.2, 0) is 30.4 Å². The Bertz CT molecular complexity index is 877. The van der Waals surface area contributed by atoms with Crippen molar-refractivity contribution in [1.82, 2.24) is 15.6 Å². The number of hydrogen-bond donors (Lipinski definition) is 3. The minimum atomic E-state index is -1.11. The summed E-state index contributed by atoms with van der Waals surface area (Å²) in [6.45, 7) is 0.822. The van der Waals surface area contributed by atoms with Crippen molar-refractivity contribution >= 4 is 36.5 Å². The number of hydrogen-bond acceptors (Lipinski definition) is 9. The summed E-state index contributed by atoms with van der Waals surface area (Å²) in [5, 5.41) is 14.8. The second-order valence-corrected chi connectivity index (χ2v) is 7.61. The highest BCUT2D eigenvalue weighted by Gasteiger charge is 2.52. The van der Waals surface area contributed by atoms with E-state index in [1.165, 1.54) is 0 Å². The third kappa shape index (κ3) is 6.66.